The number of rotatable bonds is 8. The number of carbonyl (C=O) groups is 2. The van der Waals surface area contributed by atoms with Crippen LogP contribution in [0.1, 0.15) is 47.2 Å². The van der Waals surface area contributed by atoms with E-state index >= 15 is 0 Å². The van der Waals surface area contributed by atoms with Gasteiger partial charge in [-0.25, -0.2) is 9.59 Å². The van der Waals surface area contributed by atoms with Crippen LogP contribution < -0.4 is 0 Å². The van der Waals surface area contributed by atoms with Crippen LogP contribution >= 0.6 is 0 Å². The quantitative estimate of drug-likeness (QED) is 0.285. The van der Waals surface area contributed by atoms with Crippen LogP contribution in [0, 0.1) is 0 Å². The van der Waals surface area contributed by atoms with Gasteiger partial charge in [0.05, 0.1) is 13.2 Å². The van der Waals surface area contributed by atoms with Crippen molar-refractivity contribution in [1.82, 2.24) is 0 Å². The molecule has 4 aliphatic rings. The van der Waals surface area contributed by atoms with E-state index < -0.39 is 0 Å². The first-order chi connectivity index (χ1) is 16.6. The molecule has 0 aromatic heterocycles. The molecule has 2 aromatic carbocycles. The SMILES string of the molecule is CCOC(=O)/C=C/C=C/c1cc2ccc1CCc1ccc(cc1/C=C/C=C/C(=O)OCC)CC2. The number of aryl methyl sites for hydroxylation is 4. The fourth-order valence-electron chi connectivity index (χ4n) is 3.89. The summed E-state index contributed by atoms with van der Waals surface area (Å²) in [5, 5.41) is 0. The van der Waals surface area contributed by atoms with Crippen molar-refractivity contribution in [2.75, 3.05) is 13.2 Å². The smallest absolute Gasteiger partial charge is 0.330 e. The fraction of sp³-hybridized carbons (Fsp3) is 0.267. The first-order valence-electron chi connectivity index (χ1n) is 11.9. The minimum atomic E-state index is -0.330. The predicted molar refractivity (Wildman–Crippen MR) is 137 cm³/mol. The summed E-state index contributed by atoms with van der Waals surface area (Å²) in [6, 6.07) is 13.4. The zero-order chi connectivity index (χ0) is 24.2. The molecule has 0 saturated heterocycles. The number of benzene rings is 2. The second-order valence-corrected chi connectivity index (χ2v) is 8.01. The van der Waals surface area contributed by atoms with Crippen LogP contribution in [0.15, 0.2) is 72.9 Å². The van der Waals surface area contributed by atoms with Crippen molar-refractivity contribution in [2.24, 2.45) is 0 Å². The molecule has 6 rings (SSSR count). The molecule has 4 bridgehead atoms. The fourth-order valence-corrected chi connectivity index (χ4v) is 3.89. The lowest BCUT2D eigenvalue weighted by molar-refractivity contribution is -0.138. The van der Waals surface area contributed by atoms with Crippen LogP contribution in [0.3, 0.4) is 0 Å². The Balaban J connectivity index is 1.79. The van der Waals surface area contributed by atoms with Crippen LogP contribution in [0.2, 0.25) is 0 Å². The Morgan fingerprint density at radius 3 is 1.53 bits per heavy atom. The Bertz CT molecular complexity index is 1030. The third-order valence-corrected chi connectivity index (χ3v) is 5.60. The highest BCUT2D eigenvalue weighted by Gasteiger charge is 2.09. The van der Waals surface area contributed by atoms with Gasteiger partial charge >= 0.3 is 11.9 Å². The Morgan fingerprint density at radius 2 is 1.12 bits per heavy atom. The normalized spacial score (nSPS) is 13.7. The summed E-state index contributed by atoms with van der Waals surface area (Å²) in [4.78, 5) is 23.0. The van der Waals surface area contributed by atoms with Gasteiger partial charge in [0, 0.05) is 12.2 Å². The summed E-state index contributed by atoms with van der Waals surface area (Å²) in [5.41, 5.74) is 7.47. The summed E-state index contributed by atoms with van der Waals surface area (Å²) in [5.74, 6) is -0.659. The highest BCUT2D eigenvalue weighted by molar-refractivity contribution is 5.83. The van der Waals surface area contributed by atoms with E-state index in [0.29, 0.717) is 13.2 Å². The van der Waals surface area contributed by atoms with Crippen molar-refractivity contribution in [3.05, 3.63) is 106 Å². The standard InChI is InChI=1S/C30H32O4/c1-3-33-29(31)11-7-5-9-27-21-23-13-14-24-16-18-26(20-19-25(27)17-15-23)28(22-24)10-6-8-12-30(32)34-4-2/h5-12,15-18,21-22H,3-4,13-14,19-20H2,1-2H3/b9-5+,10-6+,11-7+,12-8+. The van der Waals surface area contributed by atoms with Crippen LogP contribution in [-0.2, 0) is 44.7 Å². The first kappa shape index (κ1) is 25.0. The maximum absolute atomic E-state index is 11.5. The van der Waals surface area contributed by atoms with Crippen LogP contribution in [0.25, 0.3) is 12.2 Å². The second-order valence-electron chi connectivity index (χ2n) is 8.01. The Labute approximate surface area is 202 Å². The van der Waals surface area contributed by atoms with E-state index in [0.717, 1.165) is 25.7 Å². The van der Waals surface area contributed by atoms with Gasteiger partial charge in [-0.2, -0.15) is 0 Å². The average Bonchev–Trinajstić information content (AvgIpc) is 2.82. The zero-order valence-corrected chi connectivity index (χ0v) is 20.0. The van der Waals surface area contributed by atoms with Crippen LogP contribution in [0.4, 0.5) is 0 Å². The number of esters is 2. The number of ether oxygens (including phenoxy) is 2. The lowest BCUT2D eigenvalue weighted by atomic mass is 9.91. The molecule has 0 saturated carbocycles. The van der Waals surface area contributed by atoms with Crippen molar-refractivity contribution in [1.29, 1.82) is 0 Å². The summed E-state index contributed by atoms with van der Waals surface area (Å²) in [6.07, 6.45) is 17.9. The van der Waals surface area contributed by atoms with Crippen LogP contribution in [0.5, 0.6) is 0 Å². The number of hydrogen-bond acceptors (Lipinski definition) is 4. The highest BCUT2D eigenvalue weighted by Crippen LogP contribution is 2.23. The molecule has 4 aliphatic carbocycles. The van der Waals surface area contributed by atoms with E-state index in [4.69, 9.17) is 9.47 Å². The van der Waals surface area contributed by atoms with Gasteiger partial charge < -0.3 is 9.47 Å². The van der Waals surface area contributed by atoms with E-state index in [-0.39, 0.29) is 11.9 Å². The maximum atomic E-state index is 11.5. The molecule has 0 fully saturated rings. The molecule has 4 nitrogen and oxygen atoms in total. The Kier molecular flexibility index (Phi) is 9.65. The number of hydrogen-bond donors (Lipinski definition) is 0. The van der Waals surface area contributed by atoms with Gasteiger partial charge in [-0.1, -0.05) is 72.9 Å². The molecule has 0 N–H and O–H groups in total. The summed E-state index contributed by atoms with van der Waals surface area (Å²) < 4.78 is 9.86. The summed E-state index contributed by atoms with van der Waals surface area (Å²) >= 11 is 0. The molecule has 0 heterocycles. The largest absolute Gasteiger partial charge is 0.463 e. The molecular weight excluding hydrogens is 424 g/mol. The van der Waals surface area contributed by atoms with Gasteiger partial charge in [-0.15, -0.1) is 0 Å². The van der Waals surface area contributed by atoms with Crippen molar-refractivity contribution in [2.45, 2.75) is 39.5 Å². The van der Waals surface area contributed by atoms with Crippen molar-refractivity contribution in [3.63, 3.8) is 0 Å². The predicted octanol–water partition coefficient (Wildman–Crippen LogP) is 5.84. The molecule has 176 valence electrons. The van der Waals surface area contributed by atoms with Gasteiger partial charge in [0.25, 0.3) is 0 Å². The molecule has 34 heavy (non-hydrogen) atoms. The lowest BCUT2D eigenvalue weighted by Crippen LogP contribution is -2.02. The topological polar surface area (TPSA) is 52.6 Å². The minimum Gasteiger partial charge on any atom is -0.463 e. The van der Waals surface area contributed by atoms with E-state index in [1.807, 2.05) is 12.2 Å². The van der Waals surface area contributed by atoms with Crippen molar-refractivity contribution < 1.29 is 19.1 Å². The van der Waals surface area contributed by atoms with Crippen LogP contribution in [-0.4, -0.2) is 25.2 Å². The minimum absolute atomic E-state index is 0.330. The molecule has 2 aromatic rings. The van der Waals surface area contributed by atoms with Gasteiger partial charge in [0.15, 0.2) is 0 Å². The monoisotopic (exact) mass is 456 g/mol. The van der Waals surface area contributed by atoms with E-state index in [1.54, 1.807) is 26.0 Å². The second kappa shape index (κ2) is 13.1. The molecule has 0 amide bonds. The molecule has 4 heteroatoms. The molecule has 0 unspecified atom stereocenters. The van der Waals surface area contributed by atoms with E-state index in [2.05, 4.69) is 48.6 Å². The third kappa shape index (κ3) is 7.73. The van der Waals surface area contributed by atoms with E-state index in [9.17, 15) is 9.59 Å². The lowest BCUT2D eigenvalue weighted by Gasteiger charge is -2.14. The van der Waals surface area contributed by atoms with Gasteiger partial charge in [0.1, 0.15) is 0 Å². The maximum Gasteiger partial charge on any atom is 0.330 e. The summed E-state index contributed by atoms with van der Waals surface area (Å²) in [7, 11) is 0. The van der Waals surface area contributed by atoms with E-state index in [1.165, 1.54) is 45.5 Å². The summed E-state index contributed by atoms with van der Waals surface area (Å²) in [6.45, 7) is 4.34. The number of allylic oxidation sites excluding steroid dienone is 4. The van der Waals surface area contributed by atoms with Gasteiger partial charge in [-0.3, -0.25) is 0 Å². The molecule has 0 aliphatic heterocycles. The van der Waals surface area contributed by atoms with Crippen molar-refractivity contribution >= 4 is 24.1 Å². The number of carbonyl (C=O) groups excluding carboxylic acids is 2. The Morgan fingerprint density at radius 1 is 0.676 bits per heavy atom. The van der Waals surface area contributed by atoms with Gasteiger partial charge in [-0.05, 0) is 72.9 Å². The molecular formula is C30H32O4. The zero-order valence-electron chi connectivity index (χ0n) is 20.0. The first-order valence-corrected chi connectivity index (χ1v) is 11.9. The average molecular weight is 457 g/mol. The van der Waals surface area contributed by atoms with Gasteiger partial charge in [0.2, 0.25) is 0 Å². The highest BCUT2D eigenvalue weighted by atomic mass is 16.5. The third-order valence-electron chi connectivity index (χ3n) is 5.60. The van der Waals surface area contributed by atoms with Crippen molar-refractivity contribution in [3.8, 4) is 0 Å². The molecule has 0 spiro atoms. The Hall–Kier alpha value is -3.66. The molecule has 0 atom stereocenters. The molecule has 0 radical (unpaired) electrons.